The van der Waals surface area contributed by atoms with E-state index in [2.05, 4.69) is 166 Å². The van der Waals surface area contributed by atoms with Gasteiger partial charge in [-0.1, -0.05) is 147 Å². The molecule has 0 amide bonds. The van der Waals surface area contributed by atoms with Crippen LogP contribution in [0.2, 0.25) is 0 Å². The van der Waals surface area contributed by atoms with Crippen molar-refractivity contribution in [1.82, 2.24) is 15.0 Å². The van der Waals surface area contributed by atoms with Crippen LogP contribution in [0.25, 0.3) is 132 Å². The smallest absolute Gasteiger partial charge is 0.164 e. The lowest BCUT2D eigenvalue weighted by molar-refractivity contribution is 0.660. The molecule has 14 rings (SSSR count). The predicted molar refractivity (Wildman–Crippen MR) is 272 cm³/mol. The molecule has 0 aliphatic heterocycles. The van der Waals surface area contributed by atoms with Crippen molar-refractivity contribution in [3.05, 3.63) is 199 Å². The quantitative estimate of drug-likeness (QED) is 0.172. The van der Waals surface area contributed by atoms with Crippen LogP contribution in [-0.4, -0.2) is 15.0 Å². The Kier molecular flexibility index (Phi) is 7.84. The number of fused-ring (bicyclic) bond motifs is 12. The van der Waals surface area contributed by atoms with Gasteiger partial charge in [0, 0.05) is 63.8 Å². The first-order valence-corrected chi connectivity index (χ1v) is 23.1. The van der Waals surface area contributed by atoms with Crippen molar-refractivity contribution in [3.8, 4) is 67.5 Å². The number of aromatic nitrogens is 3. The van der Waals surface area contributed by atoms with Gasteiger partial charge in [0.2, 0.25) is 0 Å². The van der Waals surface area contributed by atoms with E-state index in [0.29, 0.717) is 17.5 Å². The zero-order valence-electron chi connectivity index (χ0n) is 36.0. The van der Waals surface area contributed by atoms with Gasteiger partial charge in [-0.3, -0.25) is 0 Å². The number of thiophene rings is 1. The van der Waals surface area contributed by atoms with E-state index in [9.17, 15) is 0 Å². The molecule has 0 atom stereocenters. The standard InChI is InChI=1S/C60H37N3O2S/c1-60(2)47-19-9-6-15-39(47)40-26-24-37(31-48(40)60)58-61-57(34-13-4-3-5-14-34)62-59(63-58)44-18-12-21-51-56(44)46-29-36(25-28-50(46)64-51)45-30-38(32-52-55(45)43-17-7-10-20-49(43)65-52)35-23-27-42-41-16-8-11-22-53(41)66-54(42)33-35/h3-33H,1-2H3. The molecule has 0 saturated heterocycles. The highest BCUT2D eigenvalue weighted by molar-refractivity contribution is 7.25. The summed E-state index contributed by atoms with van der Waals surface area (Å²) in [6.45, 7) is 4.60. The third-order valence-corrected chi connectivity index (χ3v) is 14.9. The fourth-order valence-electron chi connectivity index (χ4n) is 10.5. The number of para-hydroxylation sites is 1. The summed E-state index contributed by atoms with van der Waals surface area (Å²) in [5, 5.41) is 6.67. The third-order valence-electron chi connectivity index (χ3n) is 13.7. The van der Waals surface area contributed by atoms with Gasteiger partial charge in [0.25, 0.3) is 0 Å². The maximum absolute atomic E-state index is 6.65. The third kappa shape index (κ3) is 5.55. The van der Waals surface area contributed by atoms with Crippen molar-refractivity contribution in [2.75, 3.05) is 0 Å². The predicted octanol–water partition coefficient (Wildman–Crippen LogP) is 16.7. The fourth-order valence-corrected chi connectivity index (χ4v) is 11.7. The second-order valence-corrected chi connectivity index (χ2v) is 19.0. The Balaban J connectivity index is 0.961. The molecule has 6 heteroatoms. The number of hydrogen-bond acceptors (Lipinski definition) is 6. The summed E-state index contributed by atoms with van der Waals surface area (Å²) in [5.41, 5.74) is 15.4. The highest BCUT2D eigenvalue weighted by Gasteiger charge is 2.35. The van der Waals surface area contributed by atoms with Crippen LogP contribution < -0.4 is 0 Å². The van der Waals surface area contributed by atoms with Crippen molar-refractivity contribution < 1.29 is 8.83 Å². The molecule has 5 nitrogen and oxygen atoms in total. The van der Waals surface area contributed by atoms with Crippen LogP contribution in [0.1, 0.15) is 25.0 Å². The van der Waals surface area contributed by atoms with Gasteiger partial charge in [-0.25, -0.2) is 15.0 Å². The molecule has 4 aromatic heterocycles. The Morgan fingerprint density at radius 3 is 1.91 bits per heavy atom. The van der Waals surface area contributed by atoms with Gasteiger partial charge in [0.15, 0.2) is 17.5 Å². The van der Waals surface area contributed by atoms with Gasteiger partial charge in [-0.05, 0) is 99.1 Å². The number of nitrogens with zero attached hydrogens (tertiary/aromatic N) is 3. The van der Waals surface area contributed by atoms with Crippen molar-refractivity contribution in [2.24, 2.45) is 0 Å². The van der Waals surface area contributed by atoms with Crippen molar-refractivity contribution in [3.63, 3.8) is 0 Å². The molecule has 4 heterocycles. The summed E-state index contributed by atoms with van der Waals surface area (Å²) >= 11 is 1.83. The summed E-state index contributed by atoms with van der Waals surface area (Å²) in [6.07, 6.45) is 0. The molecule has 0 unspecified atom stereocenters. The van der Waals surface area contributed by atoms with Crippen LogP contribution >= 0.6 is 11.3 Å². The van der Waals surface area contributed by atoms with Crippen molar-refractivity contribution in [2.45, 2.75) is 19.3 Å². The average molecular weight is 864 g/mol. The molecule has 0 radical (unpaired) electrons. The van der Waals surface area contributed by atoms with Gasteiger partial charge in [0.05, 0.1) is 0 Å². The number of rotatable bonds is 5. The lowest BCUT2D eigenvalue weighted by Gasteiger charge is -2.21. The van der Waals surface area contributed by atoms with E-state index in [-0.39, 0.29) is 5.41 Å². The fraction of sp³-hybridized carbons (Fsp3) is 0.0500. The second kappa shape index (κ2) is 13.9. The second-order valence-electron chi connectivity index (χ2n) is 17.9. The largest absolute Gasteiger partial charge is 0.456 e. The number of furan rings is 2. The topological polar surface area (TPSA) is 65.0 Å². The van der Waals surface area contributed by atoms with E-state index < -0.39 is 0 Å². The Morgan fingerprint density at radius 1 is 0.348 bits per heavy atom. The lowest BCUT2D eigenvalue weighted by Crippen LogP contribution is -2.15. The Morgan fingerprint density at radius 2 is 1.00 bits per heavy atom. The van der Waals surface area contributed by atoms with E-state index in [1.807, 2.05) is 47.7 Å². The monoisotopic (exact) mass is 863 g/mol. The van der Waals surface area contributed by atoms with Crippen molar-refractivity contribution >= 4 is 75.4 Å². The molecular weight excluding hydrogens is 827 g/mol. The summed E-state index contributed by atoms with van der Waals surface area (Å²) < 4.78 is 15.9. The summed E-state index contributed by atoms with van der Waals surface area (Å²) in [5.74, 6) is 1.82. The first-order valence-electron chi connectivity index (χ1n) is 22.3. The van der Waals surface area contributed by atoms with E-state index >= 15 is 0 Å². The average Bonchev–Trinajstić information content (AvgIpc) is 4.11. The van der Waals surface area contributed by atoms with E-state index in [0.717, 1.165) is 82.8 Å². The van der Waals surface area contributed by atoms with Crippen LogP contribution in [0.15, 0.2) is 197 Å². The van der Waals surface area contributed by atoms with Gasteiger partial charge in [-0.15, -0.1) is 11.3 Å². The SMILES string of the molecule is CC1(C)c2ccccc2-c2ccc(-c3nc(-c4ccccc4)nc(-c4cccc5oc6ccc(-c7cc(-c8ccc9c(c8)sc8ccccc89)cc8oc9ccccc9c78)cc6c45)n3)cc21. The minimum Gasteiger partial charge on any atom is -0.456 e. The molecular formula is C60H37N3O2S. The van der Waals surface area contributed by atoms with Crippen LogP contribution in [0.5, 0.6) is 0 Å². The molecule has 1 aliphatic carbocycles. The first-order chi connectivity index (χ1) is 32.4. The van der Waals surface area contributed by atoms with Crippen molar-refractivity contribution in [1.29, 1.82) is 0 Å². The van der Waals surface area contributed by atoms with Gasteiger partial charge < -0.3 is 8.83 Å². The highest BCUT2D eigenvalue weighted by Crippen LogP contribution is 2.50. The maximum atomic E-state index is 6.65. The molecule has 1 aliphatic rings. The van der Waals surface area contributed by atoms with Crippen LogP contribution in [0, 0.1) is 0 Å². The summed E-state index contributed by atoms with van der Waals surface area (Å²) in [4.78, 5) is 15.7. The van der Waals surface area contributed by atoms with Gasteiger partial charge in [0.1, 0.15) is 22.3 Å². The molecule has 0 N–H and O–H groups in total. The molecule has 0 spiro atoms. The zero-order valence-corrected chi connectivity index (χ0v) is 36.8. The highest BCUT2D eigenvalue weighted by atomic mass is 32.1. The van der Waals surface area contributed by atoms with E-state index in [1.54, 1.807) is 0 Å². The van der Waals surface area contributed by atoms with E-state index in [4.69, 9.17) is 23.8 Å². The van der Waals surface area contributed by atoms with Gasteiger partial charge >= 0.3 is 0 Å². The van der Waals surface area contributed by atoms with Crippen LogP contribution in [0.3, 0.4) is 0 Å². The van der Waals surface area contributed by atoms with Crippen LogP contribution in [0.4, 0.5) is 0 Å². The maximum Gasteiger partial charge on any atom is 0.164 e. The molecule has 9 aromatic carbocycles. The molecule has 13 aromatic rings. The minimum absolute atomic E-state index is 0.167. The Labute approximate surface area is 383 Å². The Hall–Kier alpha value is -8.19. The van der Waals surface area contributed by atoms with E-state index in [1.165, 1.54) is 42.4 Å². The molecule has 0 bridgehead atoms. The van der Waals surface area contributed by atoms with Gasteiger partial charge in [-0.2, -0.15) is 0 Å². The lowest BCUT2D eigenvalue weighted by atomic mass is 9.82. The molecule has 310 valence electrons. The zero-order chi connectivity index (χ0) is 43.7. The molecule has 0 saturated carbocycles. The minimum atomic E-state index is -0.167. The first kappa shape index (κ1) is 37.2. The normalized spacial score (nSPS) is 13.1. The molecule has 0 fully saturated rings. The molecule has 66 heavy (non-hydrogen) atoms. The van der Waals surface area contributed by atoms with Crippen LogP contribution in [-0.2, 0) is 5.41 Å². The summed E-state index contributed by atoms with van der Waals surface area (Å²) in [6, 6.07) is 66.6. The number of benzene rings is 9. The summed E-state index contributed by atoms with van der Waals surface area (Å²) in [7, 11) is 0. The Bertz CT molecular complexity index is 4160. The number of hydrogen-bond donors (Lipinski definition) is 0.